The molecule has 0 fully saturated rings. The zero-order chi connectivity index (χ0) is 14.4. The van der Waals surface area contributed by atoms with Crippen molar-refractivity contribution >= 4 is 33.3 Å². The van der Waals surface area contributed by atoms with Crippen LogP contribution in [0.15, 0.2) is 12.4 Å². The quantitative estimate of drug-likeness (QED) is 0.627. The monoisotopic (exact) mass is 293 g/mol. The van der Waals surface area contributed by atoms with Crippen LogP contribution in [-0.4, -0.2) is 29.6 Å². The molecule has 5 nitrogen and oxygen atoms in total. The van der Waals surface area contributed by atoms with Crippen LogP contribution in [0.4, 0.5) is 5.82 Å². The van der Waals surface area contributed by atoms with Crippen LogP contribution in [0.5, 0.6) is 0 Å². The number of methoxy groups -OCH3 is 1. The van der Waals surface area contributed by atoms with Crippen molar-refractivity contribution in [2.75, 3.05) is 19.0 Å². The highest BCUT2D eigenvalue weighted by atomic mass is 32.1. The fourth-order valence-electron chi connectivity index (χ4n) is 2.00. The van der Waals surface area contributed by atoms with Crippen molar-refractivity contribution in [3.05, 3.63) is 17.3 Å². The van der Waals surface area contributed by atoms with Gasteiger partial charge in [0.15, 0.2) is 0 Å². The number of carbonyl (C=O) groups excluding carboxylic acids is 1. The molecule has 0 atom stereocenters. The van der Waals surface area contributed by atoms with Crippen LogP contribution in [-0.2, 0) is 9.53 Å². The maximum Gasteiger partial charge on any atom is 0.305 e. The number of anilines is 1. The van der Waals surface area contributed by atoms with Crippen molar-refractivity contribution in [3.63, 3.8) is 0 Å². The van der Waals surface area contributed by atoms with Crippen LogP contribution in [0, 0.1) is 6.92 Å². The van der Waals surface area contributed by atoms with E-state index in [2.05, 4.69) is 33.0 Å². The minimum absolute atomic E-state index is 0.135. The molecule has 0 amide bonds. The summed E-state index contributed by atoms with van der Waals surface area (Å²) in [5.74, 6) is 0.761. The third-order valence-corrected chi connectivity index (χ3v) is 3.99. The van der Waals surface area contributed by atoms with E-state index in [4.69, 9.17) is 0 Å². The van der Waals surface area contributed by atoms with Gasteiger partial charge in [0.1, 0.15) is 17.0 Å². The lowest BCUT2D eigenvalue weighted by Gasteiger charge is -2.06. The van der Waals surface area contributed by atoms with E-state index in [1.54, 1.807) is 17.7 Å². The number of unbranched alkanes of at least 4 members (excludes halogenated alkanes) is 2. The summed E-state index contributed by atoms with van der Waals surface area (Å²) in [4.78, 5) is 21.8. The summed E-state index contributed by atoms with van der Waals surface area (Å²) in [7, 11) is 1.42. The Labute approximate surface area is 122 Å². The average molecular weight is 293 g/mol. The molecule has 2 rings (SSSR count). The Hall–Kier alpha value is -1.69. The minimum atomic E-state index is -0.135. The summed E-state index contributed by atoms with van der Waals surface area (Å²) in [5, 5.41) is 4.43. The van der Waals surface area contributed by atoms with Gasteiger partial charge in [-0.2, -0.15) is 0 Å². The minimum Gasteiger partial charge on any atom is -0.469 e. The number of aryl methyl sites for hydroxylation is 1. The largest absolute Gasteiger partial charge is 0.469 e. The summed E-state index contributed by atoms with van der Waals surface area (Å²) < 4.78 is 4.61. The number of hydrogen-bond acceptors (Lipinski definition) is 6. The molecule has 0 saturated heterocycles. The Bertz CT molecular complexity index is 583. The van der Waals surface area contributed by atoms with Crippen LogP contribution in [0.3, 0.4) is 0 Å². The summed E-state index contributed by atoms with van der Waals surface area (Å²) in [5.41, 5.74) is 0. The average Bonchev–Trinajstić information content (AvgIpc) is 2.83. The van der Waals surface area contributed by atoms with Gasteiger partial charge < -0.3 is 10.1 Å². The van der Waals surface area contributed by atoms with Gasteiger partial charge in [-0.3, -0.25) is 4.79 Å². The molecule has 0 radical (unpaired) electrons. The van der Waals surface area contributed by atoms with E-state index >= 15 is 0 Å². The second kappa shape index (κ2) is 7.19. The van der Waals surface area contributed by atoms with Gasteiger partial charge in [-0.25, -0.2) is 9.97 Å². The van der Waals surface area contributed by atoms with Gasteiger partial charge in [0, 0.05) is 17.8 Å². The van der Waals surface area contributed by atoms with E-state index in [1.165, 1.54) is 12.0 Å². The third-order valence-electron chi connectivity index (χ3n) is 3.03. The van der Waals surface area contributed by atoms with E-state index in [-0.39, 0.29) is 5.97 Å². The molecule has 2 aromatic heterocycles. The summed E-state index contributed by atoms with van der Waals surface area (Å²) in [6.07, 6.45) is 4.96. The van der Waals surface area contributed by atoms with Crippen LogP contribution < -0.4 is 5.32 Å². The second-order valence-electron chi connectivity index (χ2n) is 4.61. The normalized spacial score (nSPS) is 10.7. The van der Waals surface area contributed by atoms with Crippen molar-refractivity contribution in [1.29, 1.82) is 0 Å². The lowest BCUT2D eigenvalue weighted by Crippen LogP contribution is -2.04. The molecule has 20 heavy (non-hydrogen) atoms. The smallest absolute Gasteiger partial charge is 0.305 e. The molecule has 0 spiro atoms. The Morgan fingerprint density at radius 2 is 2.20 bits per heavy atom. The molecule has 0 aliphatic carbocycles. The first-order valence-corrected chi connectivity index (χ1v) is 7.54. The lowest BCUT2D eigenvalue weighted by molar-refractivity contribution is -0.140. The number of esters is 1. The number of ether oxygens (including phenoxy) is 1. The zero-order valence-electron chi connectivity index (χ0n) is 11.8. The molecule has 0 aromatic carbocycles. The number of nitrogens with one attached hydrogen (secondary N) is 1. The van der Waals surface area contributed by atoms with Gasteiger partial charge in [-0.15, -0.1) is 11.3 Å². The Balaban J connectivity index is 1.77. The second-order valence-corrected chi connectivity index (χ2v) is 5.85. The molecule has 0 aliphatic heterocycles. The van der Waals surface area contributed by atoms with Gasteiger partial charge in [0.25, 0.3) is 0 Å². The Morgan fingerprint density at radius 1 is 1.35 bits per heavy atom. The molecule has 2 aromatic rings. The number of nitrogens with zero attached hydrogens (tertiary/aromatic N) is 2. The van der Waals surface area contributed by atoms with Crippen molar-refractivity contribution in [1.82, 2.24) is 9.97 Å². The van der Waals surface area contributed by atoms with Crippen LogP contribution in [0.2, 0.25) is 0 Å². The number of carbonyl (C=O) groups is 1. The molecule has 108 valence electrons. The van der Waals surface area contributed by atoms with Gasteiger partial charge in [0.2, 0.25) is 0 Å². The standard InChI is InChI=1S/C14H19N3O2S/c1-10-8-11-13(16-9-17-14(11)20-10)15-7-5-3-4-6-12(18)19-2/h8-9H,3-7H2,1-2H3,(H,15,16,17). The maximum absolute atomic E-state index is 11.0. The third kappa shape index (κ3) is 3.90. The maximum atomic E-state index is 11.0. The Kier molecular flexibility index (Phi) is 5.29. The van der Waals surface area contributed by atoms with E-state index < -0.39 is 0 Å². The van der Waals surface area contributed by atoms with Gasteiger partial charge in [0.05, 0.1) is 12.5 Å². The van der Waals surface area contributed by atoms with Crippen LogP contribution >= 0.6 is 11.3 Å². The highest BCUT2D eigenvalue weighted by molar-refractivity contribution is 7.18. The number of aromatic nitrogens is 2. The molecule has 1 N–H and O–H groups in total. The Morgan fingerprint density at radius 3 is 3.00 bits per heavy atom. The summed E-state index contributed by atoms with van der Waals surface area (Å²) in [6, 6.07) is 2.11. The van der Waals surface area contributed by atoms with E-state index in [9.17, 15) is 4.79 Å². The SMILES string of the molecule is COC(=O)CCCCCNc1ncnc2sc(C)cc12. The molecular weight excluding hydrogens is 274 g/mol. The molecule has 0 saturated carbocycles. The van der Waals surface area contributed by atoms with Crippen molar-refractivity contribution in [3.8, 4) is 0 Å². The molecular formula is C14H19N3O2S. The van der Waals surface area contributed by atoms with E-state index in [0.717, 1.165) is 41.8 Å². The first kappa shape index (κ1) is 14.7. The number of rotatable bonds is 7. The van der Waals surface area contributed by atoms with Crippen LogP contribution in [0.25, 0.3) is 10.2 Å². The van der Waals surface area contributed by atoms with Gasteiger partial charge in [-0.05, 0) is 25.8 Å². The summed E-state index contributed by atoms with van der Waals surface area (Å²) in [6.45, 7) is 2.92. The van der Waals surface area contributed by atoms with Crippen LogP contribution in [0.1, 0.15) is 30.6 Å². The number of fused-ring (bicyclic) bond motifs is 1. The van der Waals surface area contributed by atoms with Crippen molar-refractivity contribution in [2.24, 2.45) is 0 Å². The highest BCUT2D eigenvalue weighted by Gasteiger charge is 2.06. The van der Waals surface area contributed by atoms with E-state index in [0.29, 0.717) is 6.42 Å². The fourth-order valence-corrected chi connectivity index (χ4v) is 2.84. The summed E-state index contributed by atoms with van der Waals surface area (Å²) >= 11 is 1.68. The highest BCUT2D eigenvalue weighted by Crippen LogP contribution is 2.27. The van der Waals surface area contributed by atoms with Gasteiger partial charge >= 0.3 is 5.97 Å². The molecule has 0 aliphatic rings. The first-order valence-electron chi connectivity index (χ1n) is 6.72. The number of hydrogen-bond donors (Lipinski definition) is 1. The van der Waals surface area contributed by atoms with Gasteiger partial charge in [-0.1, -0.05) is 6.42 Å². The predicted molar refractivity (Wildman–Crippen MR) is 81.1 cm³/mol. The fraction of sp³-hybridized carbons (Fsp3) is 0.500. The van der Waals surface area contributed by atoms with E-state index in [1.807, 2.05) is 0 Å². The lowest BCUT2D eigenvalue weighted by atomic mass is 10.2. The molecule has 2 heterocycles. The molecule has 0 unspecified atom stereocenters. The topological polar surface area (TPSA) is 64.1 Å². The zero-order valence-corrected chi connectivity index (χ0v) is 12.6. The molecule has 6 heteroatoms. The van der Waals surface area contributed by atoms with Crippen molar-refractivity contribution in [2.45, 2.75) is 32.6 Å². The molecule has 0 bridgehead atoms. The van der Waals surface area contributed by atoms with Crippen molar-refractivity contribution < 1.29 is 9.53 Å². The first-order chi connectivity index (χ1) is 9.70. The number of thiophene rings is 1. The predicted octanol–water partition coefficient (Wildman–Crippen LogP) is 3.15.